The maximum absolute atomic E-state index is 7.86. The Morgan fingerprint density at radius 3 is 1.00 bits per heavy atom. The molecule has 290 valence electrons. The second kappa shape index (κ2) is 15.3. The molecule has 0 unspecified atom stereocenters. The summed E-state index contributed by atoms with van der Waals surface area (Å²) in [5, 5.41) is 4.70. The summed E-state index contributed by atoms with van der Waals surface area (Å²) in [4.78, 5) is 11.1. The molecule has 0 spiro atoms. The molecule has 0 N–H and O–H groups in total. The highest BCUT2D eigenvalue weighted by molar-refractivity contribution is 7.01. The number of benzene rings is 6. The Kier molecular flexibility index (Phi) is 10.4. The molecule has 0 amide bonds. The average Bonchev–Trinajstić information content (AvgIpc) is 3.78. The minimum atomic E-state index is -3.15. The van der Waals surface area contributed by atoms with E-state index < -0.39 is 16.6 Å². The van der Waals surface area contributed by atoms with Crippen LogP contribution in [0.15, 0.2) is 191 Å². The fourth-order valence-electron chi connectivity index (χ4n) is 8.55. The van der Waals surface area contributed by atoms with Crippen LogP contribution in [-0.4, -0.2) is 28.4 Å². The van der Waals surface area contributed by atoms with E-state index in [9.17, 15) is 0 Å². The molecule has 2 aliphatic rings. The summed E-state index contributed by atoms with van der Waals surface area (Å²) < 4.78 is 15.7. The molecule has 4 nitrogen and oxygen atoms in total. The molecule has 58 heavy (non-hydrogen) atoms. The van der Waals surface area contributed by atoms with Crippen LogP contribution in [0, 0.1) is 6.92 Å². The van der Waals surface area contributed by atoms with Gasteiger partial charge < -0.3 is 8.85 Å². The molecule has 0 aliphatic carbocycles. The van der Waals surface area contributed by atoms with E-state index in [4.69, 9.17) is 30.4 Å². The lowest BCUT2D eigenvalue weighted by molar-refractivity contribution is 0.501. The Morgan fingerprint density at radius 2 is 0.707 bits per heavy atom. The van der Waals surface area contributed by atoms with E-state index in [1.165, 1.54) is 5.56 Å². The molecule has 0 radical (unpaired) electrons. The van der Waals surface area contributed by atoms with Crippen molar-refractivity contribution in [1.29, 1.82) is 0 Å². The first kappa shape index (κ1) is 39.3. The van der Waals surface area contributed by atoms with Gasteiger partial charge in [0.2, 0.25) is 11.8 Å². The quantitative estimate of drug-likeness (QED) is 0.144. The summed E-state index contributed by atoms with van der Waals surface area (Å²) in [6.45, 7) is 15.9. The van der Waals surface area contributed by atoms with Gasteiger partial charge in [-0.3, -0.25) is 0 Å². The molecule has 2 heterocycles. The highest BCUT2D eigenvalue weighted by atomic mass is 35.5. The van der Waals surface area contributed by atoms with Gasteiger partial charge >= 0.3 is 16.6 Å². The smallest absolute Gasteiger partial charge is 0.322 e. The first-order chi connectivity index (χ1) is 27.8. The van der Waals surface area contributed by atoms with Crippen LogP contribution < -0.4 is 20.7 Å². The molecule has 6 aromatic rings. The summed E-state index contributed by atoms with van der Waals surface area (Å²) in [6.07, 6.45) is 0. The van der Waals surface area contributed by atoms with Crippen molar-refractivity contribution >= 4 is 72.2 Å². The van der Waals surface area contributed by atoms with Gasteiger partial charge in [0.15, 0.2) is 0 Å². The van der Waals surface area contributed by atoms with E-state index >= 15 is 0 Å². The normalized spacial score (nSPS) is 14.6. The minimum absolute atomic E-state index is 0.306. The number of halogens is 1. The van der Waals surface area contributed by atoms with Gasteiger partial charge in [0, 0.05) is 16.1 Å². The summed E-state index contributed by atoms with van der Waals surface area (Å²) in [6, 6.07) is 59.3. The largest absolute Gasteiger partial charge is 0.521 e. The Balaban J connectivity index is 1.41. The van der Waals surface area contributed by atoms with Gasteiger partial charge in [-0.2, -0.15) is 0 Å². The van der Waals surface area contributed by atoms with E-state index in [0.29, 0.717) is 16.8 Å². The maximum atomic E-state index is 7.86. The van der Waals surface area contributed by atoms with Crippen molar-refractivity contribution in [1.82, 2.24) is 0 Å². The third kappa shape index (κ3) is 6.83. The van der Waals surface area contributed by atoms with E-state index in [0.717, 1.165) is 54.4 Å². The van der Waals surface area contributed by atoms with Crippen molar-refractivity contribution < 1.29 is 8.85 Å². The molecule has 0 saturated carbocycles. The average molecular weight is 814 g/mol. The molecule has 7 heteroatoms. The monoisotopic (exact) mass is 812 g/mol. The Morgan fingerprint density at radius 1 is 0.414 bits per heavy atom. The van der Waals surface area contributed by atoms with Crippen molar-refractivity contribution in [2.24, 2.45) is 9.98 Å². The van der Waals surface area contributed by atoms with Crippen LogP contribution in [0.5, 0.6) is 0 Å². The van der Waals surface area contributed by atoms with E-state index in [2.05, 4.69) is 194 Å². The number of fused-ring (bicyclic) bond motifs is 1. The second-order valence-electron chi connectivity index (χ2n) is 17.2. The topological polar surface area (TPSA) is 43.2 Å². The number of aryl methyl sites for hydroxylation is 1. The fourth-order valence-corrected chi connectivity index (χ4v) is 17.4. The number of aliphatic imine (C=N–C) groups is 2. The fraction of sp³-hybridized carbons (Fsp3) is 0.176. The number of hydrogen-bond donors (Lipinski definition) is 0. The van der Waals surface area contributed by atoms with E-state index in [1.54, 1.807) is 0 Å². The standard InChI is InChI=1S/C51H49ClN2O2Si2/c1-36-28-30-37(31-29-36)46-44-45(49(53-46)56-58(51(5,6)7,42-24-16-10-17-25-42)43-26-18-11-19-27-43)47(38-32-34-39(52)35-33-38)54-48(44)55-57(50(2,3)4,40-20-12-8-13-21-40)41-22-14-9-15-23-41/h8-35H,1-7H3. The van der Waals surface area contributed by atoms with E-state index in [-0.39, 0.29) is 10.1 Å². The predicted octanol–water partition coefficient (Wildman–Crippen LogP) is 10.7. The number of hydrogen-bond acceptors (Lipinski definition) is 4. The second-order valence-corrected chi connectivity index (χ2v) is 26.1. The van der Waals surface area contributed by atoms with Crippen LogP contribution in [0.3, 0.4) is 0 Å². The first-order valence-corrected chi connectivity index (χ1v) is 24.1. The van der Waals surface area contributed by atoms with Gasteiger partial charge in [0.1, 0.15) is 0 Å². The van der Waals surface area contributed by atoms with Crippen molar-refractivity contribution in [2.75, 3.05) is 0 Å². The van der Waals surface area contributed by atoms with Crippen LogP contribution in [0.1, 0.15) is 58.2 Å². The van der Waals surface area contributed by atoms with Crippen molar-refractivity contribution in [3.8, 4) is 0 Å². The van der Waals surface area contributed by atoms with Crippen LogP contribution in [-0.2, 0) is 8.85 Å². The van der Waals surface area contributed by atoms with Gasteiger partial charge in [0.25, 0.3) is 0 Å². The summed E-state index contributed by atoms with van der Waals surface area (Å²) in [5.74, 6) is 1.10. The summed E-state index contributed by atoms with van der Waals surface area (Å²) in [5.41, 5.74) is 6.24. The maximum Gasteiger partial charge on any atom is 0.322 e. The van der Waals surface area contributed by atoms with Crippen LogP contribution in [0.25, 0.3) is 11.4 Å². The van der Waals surface area contributed by atoms with Gasteiger partial charge in [-0.1, -0.05) is 216 Å². The Labute approximate surface area is 350 Å². The Hall–Kier alpha value is -5.54. The van der Waals surface area contributed by atoms with Crippen molar-refractivity contribution in [3.63, 3.8) is 0 Å². The molecule has 2 aliphatic heterocycles. The zero-order valence-electron chi connectivity index (χ0n) is 34.3. The third-order valence-electron chi connectivity index (χ3n) is 11.4. The van der Waals surface area contributed by atoms with Crippen LogP contribution >= 0.6 is 11.6 Å². The van der Waals surface area contributed by atoms with Gasteiger partial charge in [-0.15, -0.1) is 0 Å². The van der Waals surface area contributed by atoms with E-state index in [1.807, 2.05) is 24.3 Å². The lowest BCUT2D eigenvalue weighted by atomic mass is 10.00. The highest BCUT2D eigenvalue weighted by Gasteiger charge is 2.57. The van der Waals surface area contributed by atoms with Crippen molar-refractivity contribution in [3.05, 3.63) is 203 Å². The first-order valence-electron chi connectivity index (χ1n) is 19.9. The molecular formula is C51H49ClN2O2Si2. The molecule has 0 fully saturated rings. The lowest BCUT2D eigenvalue weighted by Crippen LogP contribution is -2.67. The Bertz CT molecular complexity index is 2290. The minimum Gasteiger partial charge on any atom is -0.521 e. The molecule has 8 rings (SSSR count). The molecule has 0 atom stereocenters. The molecular weight excluding hydrogens is 764 g/mol. The molecule has 0 aromatic heterocycles. The SMILES string of the molecule is Cc1ccc(C2=C3C(O[Si](c4ccccc4)(c4ccccc4)C(C)(C)C)=NC(c4ccc(Cl)cc4)=C3C(O[Si](c3ccccc3)(c3ccccc3)C(C)(C)C)=N2)cc1. The predicted molar refractivity (Wildman–Crippen MR) is 249 cm³/mol. The zero-order chi connectivity index (χ0) is 40.7. The molecule has 0 saturated heterocycles. The van der Waals surface area contributed by atoms with Gasteiger partial charge in [0.05, 0.1) is 22.5 Å². The molecule has 6 aromatic carbocycles. The highest BCUT2D eigenvalue weighted by Crippen LogP contribution is 2.48. The zero-order valence-corrected chi connectivity index (χ0v) is 37.0. The van der Waals surface area contributed by atoms with Gasteiger partial charge in [-0.05, 0) is 49.9 Å². The lowest BCUT2D eigenvalue weighted by Gasteiger charge is -2.43. The summed E-state index contributed by atoms with van der Waals surface area (Å²) in [7, 11) is -6.31. The van der Waals surface area contributed by atoms with Gasteiger partial charge in [-0.25, -0.2) is 9.98 Å². The third-order valence-corrected chi connectivity index (χ3v) is 21.4. The van der Waals surface area contributed by atoms with Crippen molar-refractivity contribution in [2.45, 2.75) is 58.5 Å². The van der Waals surface area contributed by atoms with Crippen LogP contribution in [0.4, 0.5) is 0 Å². The summed E-state index contributed by atoms with van der Waals surface area (Å²) >= 11 is 6.53. The number of nitrogens with zero attached hydrogens (tertiary/aromatic N) is 2. The number of rotatable bonds is 8. The molecule has 0 bridgehead atoms. The van der Waals surface area contributed by atoms with Crippen LogP contribution in [0.2, 0.25) is 15.1 Å².